The monoisotopic (exact) mass is 275 g/mol. The summed E-state index contributed by atoms with van der Waals surface area (Å²) in [5.41, 5.74) is -0.199. The Kier molecular flexibility index (Phi) is 4.06. The van der Waals surface area contributed by atoms with Crippen LogP contribution in [0.4, 0.5) is 0 Å². The molecule has 0 radical (unpaired) electrons. The van der Waals surface area contributed by atoms with E-state index in [1.165, 1.54) is 51.6 Å². The molecule has 1 saturated heterocycles. The summed E-state index contributed by atoms with van der Waals surface area (Å²) >= 11 is 0. The Balaban J connectivity index is 1.57. The lowest BCUT2D eigenvalue weighted by atomic mass is 9.85. The first kappa shape index (κ1) is 14.4. The minimum Gasteiger partial charge on any atom is -0.300 e. The van der Waals surface area contributed by atoms with Gasteiger partial charge in [0.1, 0.15) is 5.54 Å². The molecule has 1 aliphatic heterocycles. The van der Waals surface area contributed by atoms with Gasteiger partial charge in [-0.25, -0.2) is 0 Å². The summed E-state index contributed by atoms with van der Waals surface area (Å²) < 4.78 is 0. The van der Waals surface area contributed by atoms with E-state index in [1.54, 1.807) is 0 Å². The summed E-state index contributed by atoms with van der Waals surface area (Å²) in [5.74, 6) is 1.41. The zero-order valence-electron chi connectivity index (χ0n) is 13.1. The van der Waals surface area contributed by atoms with E-state index in [1.807, 2.05) is 0 Å². The lowest BCUT2D eigenvalue weighted by Gasteiger charge is -2.32. The van der Waals surface area contributed by atoms with Crippen molar-refractivity contribution in [2.45, 2.75) is 76.4 Å². The zero-order chi connectivity index (χ0) is 14.2. The minimum absolute atomic E-state index is 0.199. The largest absolute Gasteiger partial charge is 0.300 e. The maximum Gasteiger partial charge on any atom is 0.109 e. The molecule has 3 rings (SSSR count). The number of likely N-dealkylation sites (tertiary alicyclic amines) is 1. The maximum atomic E-state index is 9.72. The SMILES string of the molecule is CC1CC(C)N(CCC2CCCC2(C#N)NC2CC2)C1. The van der Waals surface area contributed by atoms with Crippen molar-refractivity contribution in [3.63, 3.8) is 0 Å². The van der Waals surface area contributed by atoms with E-state index >= 15 is 0 Å². The Hall–Kier alpha value is -0.590. The summed E-state index contributed by atoms with van der Waals surface area (Å²) in [6.07, 6.45) is 8.62. The van der Waals surface area contributed by atoms with Crippen molar-refractivity contribution >= 4 is 0 Å². The molecular formula is C17H29N3. The Labute approximate surface area is 123 Å². The Morgan fingerprint density at radius 2 is 2.10 bits per heavy atom. The number of hydrogen-bond donors (Lipinski definition) is 1. The molecule has 2 saturated carbocycles. The molecule has 3 nitrogen and oxygen atoms in total. The van der Waals surface area contributed by atoms with Crippen molar-refractivity contribution in [1.82, 2.24) is 10.2 Å². The van der Waals surface area contributed by atoms with Crippen LogP contribution in [0.3, 0.4) is 0 Å². The molecule has 0 aromatic heterocycles. The van der Waals surface area contributed by atoms with Crippen molar-refractivity contribution in [2.75, 3.05) is 13.1 Å². The second-order valence-electron chi connectivity index (χ2n) is 7.56. The predicted molar refractivity (Wildman–Crippen MR) is 81.3 cm³/mol. The van der Waals surface area contributed by atoms with E-state index in [0.29, 0.717) is 12.0 Å². The van der Waals surface area contributed by atoms with E-state index in [4.69, 9.17) is 0 Å². The smallest absolute Gasteiger partial charge is 0.109 e. The number of nitriles is 1. The van der Waals surface area contributed by atoms with Gasteiger partial charge in [-0.15, -0.1) is 0 Å². The molecule has 2 aliphatic carbocycles. The van der Waals surface area contributed by atoms with Gasteiger partial charge < -0.3 is 4.90 Å². The predicted octanol–water partition coefficient (Wildman–Crippen LogP) is 2.92. The first-order valence-electron chi connectivity index (χ1n) is 8.56. The highest BCUT2D eigenvalue weighted by atomic mass is 15.2. The number of hydrogen-bond acceptors (Lipinski definition) is 3. The van der Waals surface area contributed by atoms with E-state index in [0.717, 1.165) is 18.4 Å². The molecule has 1 N–H and O–H groups in total. The van der Waals surface area contributed by atoms with Crippen LogP contribution in [0.25, 0.3) is 0 Å². The van der Waals surface area contributed by atoms with Crippen LogP contribution < -0.4 is 5.32 Å². The van der Waals surface area contributed by atoms with E-state index < -0.39 is 0 Å². The average Bonchev–Trinajstić information content (AvgIpc) is 3.04. The van der Waals surface area contributed by atoms with Crippen molar-refractivity contribution in [2.24, 2.45) is 11.8 Å². The summed E-state index contributed by atoms with van der Waals surface area (Å²) in [7, 11) is 0. The maximum absolute atomic E-state index is 9.72. The highest BCUT2D eigenvalue weighted by Gasteiger charge is 2.46. The first-order valence-corrected chi connectivity index (χ1v) is 8.56. The second-order valence-corrected chi connectivity index (χ2v) is 7.56. The van der Waals surface area contributed by atoms with Crippen molar-refractivity contribution in [3.8, 4) is 6.07 Å². The number of rotatable bonds is 5. The van der Waals surface area contributed by atoms with Gasteiger partial charge in [-0.1, -0.05) is 13.3 Å². The molecule has 3 heteroatoms. The average molecular weight is 275 g/mol. The molecule has 4 atom stereocenters. The topological polar surface area (TPSA) is 39.1 Å². The van der Waals surface area contributed by atoms with Gasteiger partial charge in [-0.3, -0.25) is 5.32 Å². The lowest BCUT2D eigenvalue weighted by Crippen LogP contribution is -2.49. The molecule has 0 bridgehead atoms. The van der Waals surface area contributed by atoms with Crippen LogP contribution in [-0.2, 0) is 0 Å². The summed E-state index contributed by atoms with van der Waals surface area (Å²) in [6, 6.07) is 4.04. The minimum atomic E-state index is -0.199. The Bertz CT molecular complexity index is 384. The molecular weight excluding hydrogens is 246 g/mol. The molecule has 0 amide bonds. The van der Waals surface area contributed by atoms with Crippen molar-refractivity contribution < 1.29 is 0 Å². The summed E-state index contributed by atoms with van der Waals surface area (Å²) in [6.45, 7) is 7.16. The molecule has 0 spiro atoms. The Morgan fingerprint density at radius 3 is 2.70 bits per heavy atom. The second kappa shape index (κ2) is 5.66. The van der Waals surface area contributed by atoms with Gasteiger partial charge in [0.25, 0.3) is 0 Å². The quantitative estimate of drug-likeness (QED) is 0.838. The normalized spacial score (nSPS) is 42.0. The lowest BCUT2D eigenvalue weighted by molar-refractivity contribution is 0.215. The van der Waals surface area contributed by atoms with Gasteiger partial charge in [0.05, 0.1) is 6.07 Å². The van der Waals surface area contributed by atoms with Crippen LogP contribution in [0, 0.1) is 23.2 Å². The fraction of sp³-hybridized carbons (Fsp3) is 0.941. The zero-order valence-corrected chi connectivity index (χ0v) is 13.1. The van der Waals surface area contributed by atoms with Gasteiger partial charge in [0.2, 0.25) is 0 Å². The third-order valence-corrected chi connectivity index (χ3v) is 5.74. The first-order chi connectivity index (χ1) is 9.63. The van der Waals surface area contributed by atoms with Crippen LogP contribution in [-0.4, -0.2) is 35.6 Å². The highest BCUT2D eigenvalue weighted by Crippen LogP contribution is 2.40. The molecule has 4 unspecified atom stereocenters. The summed E-state index contributed by atoms with van der Waals surface area (Å²) in [5, 5.41) is 13.4. The highest BCUT2D eigenvalue weighted by molar-refractivity contribution is 5.16. The number of nitrogens with one attached hydrogen (secondary N) is 1. The number of nitrogens with zero attached hydrogens (tertiary/aromatic N) is 2. The van der Waals surface area contributed by atoms with E-state index in [9.17, 15) is 5.26 Å². The van der Waals surface area contributed by atoms with Gasteiger partial charge >= 0.3 is 0 Å². The fourth-order valence-corrected chi connectivity index (χ4v) is 4.45. The van der Waals surface area contributed by atoms with Crippen LogP contribution in [0.15, 0.2) is 0 Å². The van der Waals surface area contributed by atoms with Crippen LogP contribution in [0.1, 0.15) is 58.8 Å². The molecule has 112 valence electrons. The summed E-state index contributed by atoms with van der Waals surface area (Å²) in [4.78, 5) is 2.64. The van der Waals surface area contributed by atoms with E-state index in [2.05, 4.69) is 30.1 Å². The Morgan fingerprint density at radius 1 is 1.30 bits per heavy atom. The molecule has 20 heavy (non-hydrogen) atoms. The van der Waals surface area contributed by atoms with Crippen molar-refractivity contribution in [1.29, 1.82) is 5.26 Å². The van der Waals surface area contributed by atoms with Crippen LogP contribution in [0.5, 0.6) is 0 Å². The van der Waals surface area contributed by atoms with Gasteiger partial charge in [0.15, 0.2) is 0 Å². The third kappa shape index (κ3) is 2.87. The molecule has 0 aromatic carbocycles. The van der Waals surface area contributed by atoms with E-state index in [-0.39, 0.29) is 5.54 Å². The third-order valence-electron chi connectivity index (χ3n) is 5.74. The van der Waals surface area contributed by atoms with Gasteiger partial charge in [0, 0.05) is 18.6 Å². The molecule has 0 aromatic rings. The van der Waals surface area contributed by atoms with Gasteiger partial charge in [-0.05, 0) is 63.8 Å². The van der Waals surface area contributed by atoms with Crippen LogP contribution in [0.2, 0.25) is 0 Å². The molecule has 1 heterocycles. The van der Waals surface area contributed by atoms with Crippen molar-refractivity contribution in [3.05, 3.63) is 0 Å². The standard InChI is InChI=1S/C17H29N3/c1-13-10-14(2)20(11-13)9-7-15-4-3-8-17(15,12-18)19-16-5-6-16/h13-16,19H,3-11H2,1-2H3. The fourth-order valence-electron chi connectivity index (χ4n) is 4.45. The van der Waals surface area contributed by atoms with Crippen LogP contribution >= 0.6 is 0 Å². The van der Waals surface area contributed by atoms with Gasteiger partial charge in [-0.2, -0.15) is 5.26 Å². The molecule has 3 fully saturated rings. The molecule has 3 aliphatic rings.